The van der Waals surface area contributed by atoms with E-state index in [4.69, 9.17) is 11.6 Å². The van der Waals surface area contributed by atoms with Gasteiger partial charge in [0.15, 0.2) is 0 Å². The van der Waals surface area contributed by atoms with Gasteiger partial charge in [0.1, 0.15) is 6.10 Å². The number of nitrogens with zero attached hydrogens (tertiary/aromatic N) is 1. The first kappa shape index (κ1) is 12.2. The molecule has 0 spiro atoms. The highest BCUT2D eigenvalue weighted by Gasteiger charge is 2.14. The first-order valence-corrected chi connectivity index (χ1v) is 6.41. The molecule has 0 aliphatic rings. The van der Waals surface area contributed by atoms with Gasteiger partial charge in [0, 0.05) is 16.6 Å². The first-order chi connectivity index (χ1) is 9.25. The summed E-state index contributed by atoms with van der Waals surface area (Å²) in [5.41, 5.74) is 1.45. The molecule has 2 aromatic carbocycles. The minimum absolute atomic E-state index is 0.654. The van der Waals surface area contributed by atoms with Crippen molar-refractivity contribution in [1.29, 1.82) is 0 Å². The van der Waals surface area contributed by atoms with Crippen LogP contribution in [0.4, 0.5) is 0 Å². The summed E-state index contributed by atoms with van der Waals surface area (Å²) in [4.78, 5) is 4.32. The van der Waals surface area contributed by atoms with Gasteiger partial charge < -0.3 is 5.11 Å². The Hall–Kier alpha value is -1.90. The molecular formula is C16H12ClNO. The van der Waals surface area contributed by atoms with E-state index >= 15 is 0 Å². The number of hydrogen-bond acceptors (Lipinski definition) is 2. The van der Waals surface area contributed by atoms with Crippen LogP contribution in [0, 0.1) is 0 Å². The Kier molecular flexibility index (Phi) is 3.20. The van der Waals surface area contributed by atoms with Gasteiger partial charge >= 0.3 is 0 Å². The summed E-state index contributed by atoms with van der Waals surface area (Å²) in [7, 11) is 0. The van der Waals surface area contributed by atoms with Gasteiger partial charge in [-0.05, 0) is 29.1 Å². The number of halogens is 1. The molecule has 3 rings (SSSR count). The Morgan fingerprint density at radius 2 is 1.68 bits per heavy atom. The highest BCUT2D eigenvalue weighted by Crippen LogP contribution is 2.27. The lowest BCUT2D eigenvalue weighted by atomic mass is 10.0. The fourth-order valence-electron chi connectivity index (χ4n) is 2.16. The maximum absolute atomic E-state index is 10.5. The summed E-state index contributed by atoms with van der Waals surface area (Å²) >= 11 is 5.86. The molecule has 1 N–H and O–H groups in total. The highest BCUT2D eigenvalue weighted by molar-refractivity contribution is 6.30. The molecule has 0 aliphatic heterocycles. The van der Waals surface area contributed by atoms with Gasteiger partial charge in [-0.25, -0.2) is 0 Å². The van der Waals surface area contributed by atoms with Crippen molar-refractivity contribution in [2.45, 2.75) is 6.10 Å². The number of aliphatic hydroxyl groups excluding tert-OH is 1. The Morgan fingerprint density at radius 1 is 0.947 bits per heavy atom. The molecule has 3 heteroatoms. The van der Waals surface area contributed by atoms with Crippen LogP contribution < -0.4 is 0 Å². The summed E-state index contributed by atoms with van der Waals surface area (Å²) in [6.07, 6.45) is 0.972. The standard InChI is InChI=1S/C16H12ClNO/c17-13-7-5-12(6-8-13)16(19)15-14-4-2-1-3-11(14)9-10-18-15/h1-10,16,19H/t16-/m1/s1. The van der Waals surface area contributed by atoms with Crippen LogP contribution in [-0.2, 0) is 0 Å². The molecule has 2 nitrogen and oxygen atoms in total. The summed E-state index contributed by atoms with van der Waals surface area (Å²) < 4.78 is 0. The SMILES string of the molecule is O[C@H](c1ccc(Cl)cc1)c1nccc2ccccc12. The predicted molar refractivity (Wildman–Crippen MR) is 77.3 cm³/mol. The van der Waals surface area contributed by atoms with E-state index in [-0.39, 0.29) is 0 Å². The smallest absolute Gasteiger partial charge is 0.122 e. The molecule has 0 aliphatic carbocycles. The van der Waals surface area contributed by atoms with Gasteiger partial charge in [-0.2, -0.15) is 0 Å². The monoisotopic (exact) mass is 269 g/mol. The van der Waals surface area contributed by atoms with Crippen molar-refractivity contribution in [3.63, 3.8) is 0 Å². The van der Waals surface area contributed by atoms with Crippen LogP contribution in [0.3, 0.4) is 0 Å². The summed E-state index contributed by atoms with van der Waals surface area (Å²) in [5.74, 6) is 0. The lowest BCUT2D eigenvalue weighted by Crippen LogP contribution is -2.02. The Morgan fingerprint density at radius 3 is 2.47 bits per heavy atom. The maximum Gasteiger partial charge on any atom is 0.122 e. The zero-order valence-electron chi connectivity index (χ0n) is 10.1. The van der Waals surface area contributed by atoms with Crippen molar-refractivity contribution in [3.05, 3.63) is 77.1 Å². The summed E-state index contributed by atoms with van der Waals surface area (Å²) in [6.45, 7) is 0. The number of fused-ring (bicyclic) bond motifs is 1. The van der Waals surface area contributed by atoms with Crippen molar-refractivity contribution >= 4 is 22.4 Å². The third-order valence-electron chi connectivity index (χ3n) is 3.15. The lowest BCUT2D eigenvalue weighted by molar-refractivity contribution is 0.217. The van der Waals surface area contributed by atoms with Crippen LogP contribution in [0.5, 0.6) is 0 Å². The predicted octanol–water partition coefficient (Wildman–Crippen LogP) is 3.97. The Labute approximate surface area is 116 Å². The fourth-order valence-corrected chi connectivity index (χ4v) is 2.29. The van der Waals surface area contributed by atoms with Gasteiger partial charge in [0.2, 0.25) is 0 Å². The quantitative estimate of drug-likeness (QED) is 0.764. The van der Waals surface area contributed by atoms with Crippen LogP contribution in [0.2, 0.25) is 5.02 Å². The molecule has 19 heavy (non-hydrogen) atoms. The first-order valence-electron chi connectivity index (χ1n) is 6.03. The number of aliphatic hydroxyl groups is 1. The number of pyridine rings is 1. The number of rotatable bonds is 2. The molecule has 0 unspecified atom stereocenters. The molecule has 0 radical (unpaired) electrons. The van der Waals surface area contributed by atoms with E-state index in [1.807, 2.05) is 42.5 Å². The third kappa shape index (κ3) is 2.33. The molecule has 1 atom stereocenters. The molecule has 0 saturated carbocycles. The van der Waals surface area contributed by atoms with Gasteiger partial charge in [-0.3, -0.25) is 4.98 Å². The Balaban J connectivity index is 2.11. The van der Waals surface area contributed by atoms with E-state index in [1.54, 1.807) is 18.3 Å². The third-order valence-corrected chi connectivity index (χ3v) is 3.40. The zero-order valence-corrected chi connectivity index (χ0v) is 10.9. The van der Waals surface area contributed by atoms with Crippen LogP contribution in [-0.4, -0.2) is 10.1 Å². The van der Waals surface area contributed by atoms with E-state index in [2.05, 4.69) is 4.98 Å². The van der Waals surface area contributed by atoms with Crippen molar-refractivity contribution < 1.29 is 5.11 Å². The van der Waals surface area contributed by atoms with E-state index < -0.39 is 6.10 Å². The average Bonchev–Trinajstić information content (AvgIpc) is 2.47. The molecular weight excluding hydrogens is 258 g/mol. The molecule has 94 valence electrons. The molecule has 0 amide bonds. The average molecular weight is 270 g/mol. The minimum atomic E-state index is -0.747. The number of hydrogen-bond donors (Lipinski definition) is 1. The topological polar surface area (TPSA) is 33.1 Å². The second-order valence-electron chi connectivity index (χ2n) is 4.37. The van der Waals surface area contributed by atoms with Crippen molar-refractivity contribution in [2.24, 2.45) is 0 Å². The fraction of sp³-hybridized carbons (Fsp3) is 0.0625. The van der Waals surface area contributed by atoms with Gasteiger partial charge in [-0.1, -0.05) is 48.0 Å². The van der Waals surface area contributed by atoms with Gasteiger partial charge in [0.25, 0.3) is 0 Å². The summed E-state index contributed by atoms with van der Waals surface area (Å²) in [5, 5.41) is 13.2. The Bertz CT molecular complexity index is 704. The molecule has 1 aromatic heterocycles. The van der Waals surface area contributed by atoms with Crippen LogP contribution in [0.25, 0.3) is 10.8 Å². The number of benzene rings is 2. The zero-order chi connectivity index (χ0) is 13.2. The van der Waals surface area contributed by atoms with Crippen LogP contribution >= 0.6 is 11.6 Å². The number of aromatic nitrogens is 1. The van der Waals surface area contributed by atoms with E-state index in [9.17, 15) is 5.11 Å². The van der Waals surface area contributed by atoms with Crippen molar-refractivity contribution in [1.82, 2.24) is 4.98 Å². The minimum Gasteiger partial charge on any atom is -0.382 e. The molecule has 0 bridgehead atoms. The maximum atomic E-state index is 10.5. The van der Waals surface area contributed by atoms with E-state index in [0.29, 0.717) is 10.7 Å². The largest absolute Gasteiger partial charge is 0.382 e. The molecule has 0 fully saturated rings. The van der Waals surface area contributed by atoms with Gasteiger partial charge in [-0.15, -0.1) is 0 Å². The normalized spacial score (nSPS) is 12.5. The van der Waals surface area contributed by atoms with Gasteiger partial charge in [0.05, 0.1) is 5.69 Å². The van der Waals surface area contributed by atoms with Crippen LogP contribution in [0.15, 0.2) is 60.8 Å². The van der Waals surface area contributed by atoms with E-state index in [1.165, 1.54) is 0 Å². The van der Waals surface area contributed by atoms with Crippen molar-refractivity contribution in [3.8, 4) is 0 Å². The second kappa shape index (κ2) is 5.00. The molecule has 3 aromatic rings. The molecule has 0 saturated heterocycles. The van der Waals surface area contributed by atoms with Crippen molar-refractivity contribution in [2.75, 3.05) is 0 Å². The van der Waals surface area contributed by atoms with E-state index in [0.717, 1.165) is 16.3 Å². The summed E-state index contributed by atoms with van der Waals surface area (Å²) in [6, 6.07) is 17.0. The second-order valence-corrected chi connectivity index (χ2v) is 4.81. The highest BCUT2D eigenvalue weighted by atomic mass is 35.5. The lowest BCUT2D eigenvalue weighted by Gasteiger charge is -2.13. The van der Waals surface area contributed by atoms with Crippen LogP contribution in [0.1, 0.15) is 17.4 Å². The molecule has 1 heterocycles.